The molecular weight excluding hydrogens is 372 g/mol. The molecule has 1 fully saturated rings. The van der Waals surface area contributed by atoms with E-state index >= 15 is 0 Å². The first-order valence-electron chi connectivity index (χ1n) is 10.5. The van der Waals surface area contributed by atoms with Crippen molar-refractivity contribution < 1.29 is 4.58 Å². The van der Waals surface area contributed by atoms with E-state index in [1.165, 1.54) is 66.4 Å². The predicted octanol–water partition coefficient (Wildman–Crippen LogP) is 6.08. The Morgan fingerprint density at radius 3 is 2.81 bits per heavy atom. The van der Waals surface area contributed by atoms with Gasteiger partial charge in [-0.1, -0.05) is 62.9 Å². The van der Waals surface area contributed by atoms with Gasteiger partial charge in [-0.15, -0.1) is 0 Å². The Kier molecular flexibility index (Phi) is 5.62. The fraction of sp³-hybridized carbons (Fsp3) is 0.609. The average Bonchev–Trinajstić information content (AvgIpc) is 3.35. The molecule has 0 amide bonds. The number of hydrogen-bond donors (Lipinski definition) is 0. The van der Waals surface area contributed by atoms with Gasteiger partial charge < -0.3 is 4.90 Å². The standard InChI is InChI=1S/C23H32ClN2S/c1-4-25-13-14-27-22(25)16-21-23(2,3)19-15-18(24)9-10-20(19)26(21)12-11-17-7-5-6-8-17/h9-10,15-17H,4-8,11-14H2,1-3H3/q+1. The minimum atomic E-state index is -0.00846. The van der Waals surface area contributed by atoms with Crippen LogP contribution >= 0.6 is 23.4 Å². The van der Waals surface area contributed by atoms with Gasteiger partial charge in [0, 0.05) is 34.4 Å². The van der Waals surface area contributed by atoms with Gasteiger partial charge in [0.25, 0.3) is 0 Å². The first-order valence-corrected chi connectivity index (χ1v) is 11.9. The molecular formula is C23H32ClN2S+. The molecule has 146 valence electrons. The van der Waals surface area contributed by atoms with Crippen molar-refractivity contribution in [3.8, 4) is 0 Å². The molecule has 4 heteroatoms. The molecule has 1 aromatic rings. The van der Waals surface area contributed by atoms with Gasteiger partial charge in [-0.25, -0.2) is 4.58 Å². The second-order valence-electron chi connectivity index (χ2n) is 8.67. The second-order valence-corrected chi connectivity index (χ2v) is 10.2. The number of allylic oxidation sites excluding steroid dienone is 1. The van der Waals surface area contributed by atoms with Crippen LogP contribution in [0.25, 0.3) is 0 Å². The van der Waals surface area contributed by atoms with Crippen LogP contribution in [0.3, 0.4) is 0 Å². The summed E-state index contributed by atoms with van der Waals surface area (Å²) in [6.45, 7) is 10.4. The third kappa shape index (κ3) is 3.70. The van der Waals surface area contributed by atoms with Gasteiger partial charge in [-0.2, -0.15) is 0 Å². The van der Waals surface area contributed by atoms with E-state index in [0.717, 1.165) is 24.0 Å². The van der Waals surface area contributed by atoms with Gasteiger partial charge in [0.15, 0.2) is 6.54 Å². The maximum atomic E-state index is 6.39. The van der Waals surface area contributed by atoms with E-state index in [4.69, 9.17) is 11.6 Å². The molecule has 0 bridgehead atoms. The van der Waals surface area contributed by atoms with Gasteiger partial charge in [0.2, 0.25) is 5.04 Å². The molecule has 0 unspecified atom stereocenters. The quantitative estimate of drug-likeness (QED) is 0.549. The summed E-state index contributed by atoms with van der Waals surface area (Å²) in [5.74, 6) is 2.11. The van der Waals surface area contributed by atoms with Crippen molar-refractivity contribution in [2.45, 2.75) is 58.3 Å². The molecule has 2 heterocycles. The zero-order valence-corrected chi connectivity index (χ0v) is 18.5. The summed E-state index contributed by atoms with van der Waals surface area (Å²) in [4.78, 5) is 2.60. The van der Waals surface area contributed by atoms with Crippen LogP contribution in [0.1, 0.15) is 58.4 Å². The first-order chi connectivity index (χ1) is 13.0. The maximum absolute atomic E-state index is 6.39. The molecule has 0 aromatic heterocycles. The molecule has 1 aromatic carbocycles. The van der Waals surface area contributed by atoms with Crippen LogP contribution in [-0.2, 0) is 5.41 Å². The molecule has 0 N–H and O–H groups in total. The Morgan fingerprint density at radius 2 is 2.07 bits per heavy atom. The van der Waals surface area contributed by atoms with Crippen molar-refractivity contribution in [3.63, 3.8) is 0 Å². The zero-order valence-electron chi connectivity index (χ0n) is 16.9. The van der Waals surface area contributed by atoms with E-state index in [0.29, 0.717) is 0 Å². The van der Waals surface area contributed by atoms with Crippen LogP contribution in [0, 0.1) is 5.92 Å². The van der Waals surface area contributed by atoms with Gasteiger partial charge in [-0.05, 0) is 43.0 Å². The molecule has 3 aliphatic rings. The van der Waals surface area contributed by atoms with Crippen molar-refractivity contribution in [2.75, 3.05) is 30.3 Å². The smallest absolute Gasteiger partial charge is 0.236 e. The highest BCUT2D eigenvalue weighted by molar-refractivity contribution is 8.14. The normalized spacial score (nSPS) is 23.7. The highest BCUT2D eigenvalue weighted by Crippen LogP contribution is 2.49. The van der Waals surface area contributed by atoms with Gasteiger partial charge >= 0.3 is 0 Å². The topological polar surface area (TPSA) is 6.25 Å². The van der Waals surface area contributed by atoms with Gasteiger partial charge in [-0.3, -0.25) is 0 Å². The third-order valence-corrected chi connectivity index (χ3v) is 7.95. The van der Waals surface area contributed by atoms with Crippen LogP contribution in [0.5, 0.6) is 0 Å². The molecule has 2 aliphatic heterocycles. The van der Waals surface area contributed by atoms with Crippen molar-refractivity contribution >= 4 is 34.1 Å². The zero-order chi connectivity index (χ0) is 19.0. The molecule has 1 saturated carbocycles. The fourth-order valence-electron chi connectivity index (χ4n) is 4.99. The Bertz CT molecular complexity index is 775. The van der Waals surface area contributed by atoms with E-state index in [2.05, 4.69) is 54.5 Å². The summed E-state index contributed by atoms with van der Waals surface area (Å²) < 4.78 is 2.51. The minimum Gasteiger partial charge on any atom is -0.344 e. The van der Waals surface area contributed by atoms with E-state index in [1.54, 1.807) is 0 Å². The summed E-state index contributed by atoms with van der Waals surface area (Å²) in [5.41, 5.74) is 4.17. The van der Waals surface area contributed by atoms with Crippen LogP contribution in [0.2, 0.25) is 5.02 Å². The fourth-order valence-corrected chi connectivity index (χ4v) is 6.28. The van der Waals surface area contributed by atoms with Crippen molar-refractivity contribution in [1.29, 1.82) is 0 Å². The molecule has 1 aliphatic carbocycles. The minimum absolute atomic E-state index is 0.00846. The first kappa shape index (κ1) is 19.4. The van der Waals surface area contributed by atoms with Crippen molar-refractivity contribution in [1.82, 2.24) is 0 Å². The maximum Gasteiger partial charge on any atom is 0.236 e. The molecule has 0 radical (unpaired) electrons. The van der Waals surface area contributed by atoms with Crippen LogP contribution < -0.4 is 4.90 Å². The number of benzene rings is 1. The van der Waals surface area contributed by atoms with Crippen molar-refractivity contribution in [2.24, 2.45) is 5.92 Å². The molecule has 27 heavy (non-hydrogen) atoms. The Hall–Kier alpha value is -0.930. The summed E-state index contributed by atoms with van der Waals surface area (Å²) in [6.07, 6.45) is 9.45. The highest BCUT2D eigenvalue weighted by Gasteiger charge is 2.41. The number of fused-ring (bicyclic) bond motifs is 1. The Labute approximate surface area is 173 Å². The lowest BCUT2D eigenvalue weighted by Crippen LogP contribution is -2.29. The molecule has 4 rings (SSSR count). The van der Waals surface area contributed by atoms with Crippen LogP contribution in [0.4, 0.5) is 5.69 Å². The lowest BCUT2D eigenvalue weighted by molar-refractivity contribution is -0.513. The number of halogens is 1. The van der Waals surface area contributed by atoms with E-state index in [-0.39, 0.29) is 5.41 Å². The molecule has 2 nitrogen and oxygen atoms in total. The van der Waals surface area contributed by atoms with Crippen molar-refractivity contribution in [3.05, 3.63) is 40.6 Å². The van der Waals surface area contributed by atoms with E-state index in [9.17, 15) is 0 Å². The number of hydrogen-bond acceptors (Lipinski definition) is 2. The van der Waals surface area contributed by atoms with Gasteiger partial charge in [0.1, 0.15) is 6.54 Å². The average molecular weight is 404 g/mol. The Morgan fingerprint density at radius 1 is 1.30 bits per heavy atom. The molecule has 0 spiro atoms. The van der Waals surface area contributed by atoms with Crippen LogP contribution in [0.15, 0.2) is 30.0 Å². The summed E-state index contributed by atoms with van der Waals surface area (Å²) in [7, 11) is 0. The molecule has 0 atom stereocenters. The number of anilines is 1. The van der Waals surface area contributed by atoms with Crippen LogP contribution in [-0.4, -0.2) is 35.0 Å². The Balaban J connectivity index is 1.71. The number of thioether (sulfide) groups is 1. The summed E-state index contributed by atoms with van der Waals surface area (Å²) >= 11 is 8.39. The second kappa shape index (κ2) is 7.83. The van der Waals surface area contributed by atoms with E-state index < -0.39 is 0 Å². The predicted molar refractivity (Wildman–Crippen MR) is 120 cm³/mol. The molecule has 0 saturated heterocycles. The summed E-state index contributed by atoms with van der Waals surface area (Å²) in [6, 6.07) is 6.47. The SMILES string of the molecule is CC[N+]1=C(/C=C2/N(CCC3CCCC3)c3ccc(Cl)cc3C2(C)C)SCC1. The monoisotopic (exact) mass is 403 g/mol. The lowest BCUT2D eigenvalue weighted by atomic mass is 9.84. The van der Waals surface area contributed by atoms with Gasteiger partial charge in [0.05, 0.1) is 5.75 Å². The highest BCUT2D eigenvalue weighted by atomic mass is 35.5. The number of rotatable bonds is 5. The number of nitrogens with zero attached hydrogens (tertiary/aromatic N) is 2. The summed E-state index contributed by atoms with van der Waals surface area (Å²) in [5, 5.41) is 2.28. The third-order valence-electron chi connectivity index (χ3n) is 6.65. The lowest BCUT2D eigenvalue weighted by Gasteiger charge is -2.28. The largest absolute Gasteiger partial charge is 0.344 e. The van der Waals surface area contributed by atoms with E-state index in [1.807, 2.05) is 11.8 Å².